The highest BCUT2D eigenvalue weighted by atomic mass is 35.5. The Labute approximate surface area is 97.9 Å². The Balaban J connectivity index is 2.06. The second kappa shape index (κ2) is 4.86. The van der Waals surface area contributed by atoms with E-state index in [0.29, 0.717) is 30.8 Å². The molecule has 0 radical (unpaired) electrons. The molecule has 0 amide bonds. The molecule has 6 heteroatoms. The maximum absolute atomic E-state index is 5.94. The highest BCUT2D eigenvalue weighted by Gasteiger charge is 2.17. The lowest BCUT2D eigenvalue weighted by Crippen LogP contribution is -2.28. The van der Waals surface area contributed by atoms with E-state index in [1.165, 1.54) is 0 Å². The molecule has 2 rings (SSSR count). The Morgan fingerprint density at radius 3 is 3.07 bits per heavy atom. The number of anilines is 1. The van der Waals surface area contributed by atoms with Crippen LogP contribution in [0.4, 0.5) is 6.01 Å². The van der Waals surface area contributed by atoms with Gasteiger partial charge in [0.05, 0.1) is 6.54 Å². The van der Waals surface area contributed by atoms with Crippen molar-refractivity contribution in [1.82, 2.24) is 10.2 Å². The van der Waals surface area contributed by atoms with E-state index in [-0.39, 0.29) is 0 Å². The number of aromatic nitrogens is 2. The van der Waals surface area contributed by atoms with Crippen LogP contribution in [-0.2, 0) is 6.42 Å². The number of alkyl halides is 1. The number of halogens is 2. The van der Waals surface area contributed by atoms with E-state index in [1.54, 1.807) is 0 Å². The minimum absolute atomic E-state index is 0.488. The molecule has 1 aliphatic heterocycles. The highest BCUT2D eigenvalue weighted by Crippen LogP contribution is 2.20. The van der Waals surface area contributed by atoms with Crippen molar-refractivity contribution in [3.63, 3.8) is 0 Å². The van der Waals surface area contributed by atoms with Gasteiger partial charge in [0.15, 0.2) is 0 Å². The lowest BCUT2D eigenvalue weighted by molar-refractivity contribution is 0.490. The summed E-state index contributed by atoms with van der Waals surface area (Å²) >= 11 is 11.5. The average Bonchev–Trinajstić information content (AvgIpc) is 2.67. The van der Waals surface area contributed by atoms with Crippen LogP contribution in [-0.4, -0.2) is 29.2 Å². The monoisotopic (exact) mass is 247 g/mol. The quantitative estimate of drug-likeness (QED) is 0.769. The molecule has 1 aromatic rings. The maximum Gasteiger partial charge on any atom is 0.318 e. The smallest absolute Gasteiger partial charge is 0.318 e. The first-order valence-corrected chi connectivity index (χ1v) is 5.68. The molecule has 1 aromatic heterocycles. The zero-order chi connectivity index (χ0) is 10.7. The first kappa shape index (κ1) is 10.8. The third kappa shape index (κ3) is 2.63. The van der Waals surface area contributed by atoms with Crippen molar-refractivity contribution < 1.29 is 4.42 Å². The fourth-order valence-corrected chi connectivity index (χ4v) is 1.84. The molecule has 2 heterocycles. The van der Waals surface area contributed by atoms with Crippen LogP contribution in [0.3, 0.4) is 0 Å². The molecule has 0 aliphatic carbocycles. The Morgan fingerprint density at radius 2 is 2.33 bits per heavy atom. The number of hydrogen-bond acceptors (Lipinski definition) is 4. The van der Waals surface area contributed by atoms with Crippen LogP contribution >= 0.6 is 23.2 Å². The lowest BCUT2D eigenvalue weighted by atomic mass is 10.3. The molecule has 0 fully saturated rings. The summed E-state index contributed by atoms with van der Waals surface area (Å²) in [5.41, 5.74) is 0. The Bertz CT molecular complexity index is 364. The molecule has 4 nitrogen and oxygen atoms in total. The van der Waals surface area contributed by atoms with Gasteiger partial charge in [-0.1, -0.05) is 22.8 Å². The van der Waals surface area contributed by atoms with Crippen LogP contribution < -0.4 is 4.90 Å². The van der Waals surface area contributed by atoms with E-state index >= 15 is 0 Å². The highest BCUT2D eigenvalue weighted by molar-refractivity contribution is 6.30. The molecule has 15 heavy (non-hydrogen) atoms. The van der Waals surface area contributed by atoms with Crippen molar-refractivity contribution in [2.24, 2.45) is 0 Å². The number of aryl methyl sites for hydroxylation is 1. The SMILES string of the molecule is ClCCc1nnc(N2CCC=C(Cl)C2)o1. The van der Waals surface area contributed by atoms with Crippen molar-refractivity contribution in [3.8, 4) is 0 Å². The second-order valence-corrected chi connectivity index (χ2v) is 4.14. The molecular formula is C9H11Cl2N3O. The summed E-state index contributed by atoms with van der Waals surface area (Å²) in [6, 6.07) is 0.529. The standard InChI is InChI=1S/C9H11Cl2N3O/c10-4-3-8-12-13-9(15-8)14-5-1-2-7(11)6-14/h2H,1,3-6H2. The van der Waals surface area contributed by atoms with Crippen LogP contribution in [0, 0.1) is 0 Å². The fourth-order valence-electron chi connectivity index (χ4n) is 1.42. The van der Waals surface area contributed by atoms with Crippen LogP contribution in [0.25, 0.3) is 0 Å². The van der Waals surface area contributed by atoms with Gasteiger partial charge in [0.25, 0.3) is 0 Å². The van der Waals surface area contributed by atoms with E-state index < -0.39 is 0 Å². The van der Waals surface area contributed by atoms with Crippen LogP contribution in [0.1, 0.15) is 12.3 Å². The minimum Gasteiger partial charge on any atom is -0.408 e. The molecule has 82 valence electrons. The first-order chi connectivity index (χ1) is 7.29. The van der Waals surface area contributed by atoms with Gasteiger partial charge in [-0.05, 0) is 6.42 Å². The molecule has 0 saturated heterocycles. The minimum atomic E-state index is 0.488. The topological polar surface area (TPSA) is 42.2 Å². The van der Waals surface area contributed by atoms with Gasteiger partial charge < -0.3 is 9.32 Å². The molecule has 0 aromatic carbocycles. The van der Waals surface area contributed by atoms with E-state index in [9.17, 15) is 0 Å². The Morgan fingerprint density at radius 1 is 1.47 bits per heavy atom. The molecule has 0 bridgehead atoms. The van der Waals surface area contributed by atoms with Crippen LogP contribution in [0.2, 0.25) is 0 Å². The number of rotatable bonds is 3. The zero-order valence-corrected chi connectivity index (χ0v) is 9.63. The molecule has 0 saturated carbocycles. The summed E-state index contributed by atoms with van der Waals surface area (Å²) < 4.78 is 5.45. The fraction of sp³-hybridized carbons (Fsp3) is 0.556. The summed E-state index contributed by atoms with van der Waals surface area (Å²) in [7, 11) is 0. The van der Waals surface area contributed by atoms with Gasteiger partial charge in [-0.15, -0.1) is 16.7 Å². The van der Waals surface area contributed by atoms with Crippen LogP contribution in [0.15, 0.2) is 15.5 Å². The Kier molecular flexibility index (Phi) is 3.49. The zero-order valence-electron chi connectivity index (χ0n) is 8.12. The molecule has 0 spiro atoms. The summed E-state index contributed by atoms with van der Waals surface area (Å²) in [4.78, 5) is 1.97. The number of nitrogens with zero attached hydrogens (tertiary/aromatic N) is 3. The molecule has 0 atom stereocenters. The van der Waals surface area contributed by atoms with Gasteiger partial charge in [0.2, 0.25) is 5.89 Å². The van der Waals surface area contributed by atoms with Crippen molar-refractivity contribution in [1.29, 1.82) is 0 Å². The first-order valence-electron chi connectivity index (χ1n) is 4.77. The number of hydrogen-bond donors (Lipinski definition) is 0. The summed E-state index contributed by atoms with van der Waals surface area (Å²) in [6.07, 6.45) is 3.52. The van der Waals surface area contributed by atoms with E-state index in [2.05, 4.69) is 10.2 Å². The van der Waals surface area contributed by atoms with Crippen LogP contribution in [0.5, 0.6) is 0 Å². The van der Waals surface area contributed by atoms with Gasteiger partial charge in [-0.3, -0.25) is 0 Å². The van der Waals surface area contributed by atoms with Crippen molar-refractivity contribution in [3.05, 3.63) is 17.0 Å². The molecular weight excluding hydrogens is 237 g/mol. The van der Waals surface area contributed by atoms with Gasteiger partial charge >= 0.3 is 6.01 Å². The van der Waals surface area contributed by atoms with E-state index in [1.807, 2.05) is 11.0 Å². The maximum atomic E-state index is 5.94. The van der Waals surface area contributed by atoms with Crippen molar-refractivity contribution in [2.45, 2.75) is 12.8 Å². The molecule has 0 N–H and O–H groups in total. The predicted octanol–water partition coefficient (Wildman–Crippen LogP) is 2.18. The largest absolute Gasteiger partial charge is 0.408 e. The van der Waals surface area contributed by atoms with Gasteiger partial charge in [-0.25, -0.2) is 0 Å². The third-order valence-corrected chi connectivity index (χ3v) is 2.60. The van der Waals surface area contributed by atoms with Crippen molar-refractivity contribution in [2.75, 3.05) is 23.9 Å². The molecule has 1 aliphatic rings. The lowest BCUT2D eigenvalue weighted by Gasteiger charge is -2.22. The van der Waals surface area contributed by atoms with Gasteiger partial charge in [0, 0.05) is 23.9 Å². The van der Waals surface area contributed by atoms with Gasteiger partial charge in [-0.2, -0.15) is 0 Å². The van der Waals surface area contributed by atoms with E-state index in [0.717, 1.165) is 18.0 Å². The average molecular weight is 248 g/mol. The normalized spacial score (nSPS) is 16.7. The van der Waals surface area contributed by atoms with Gasteiger partial charge in [0.1, 0.15) is 0 Å². The third-order valence-electron chi connectivity index (χ3n) is 2.14. The second-order valence-electron chi connectivity index (χ2n) is 3.28. The van der Waals surface area contributed by atoms with E-state index in [4.69, 9.17) is 27.6 Å². The van der Waals surface area contributed by atoms with Crippen molar-refractivity contribution >= 4 is 29.2 Å². The Hall–Kier alpha value is -0.740. The predicted molar refractivity (Wildman–Crippen MR) is 59.5 cm³/mol. The molecule has 0 unspecified atom stereocenters. The summed E-state index contributed by atoms with van der Waals surface area (Å²) in [5, 5.41) is 8.68. The summed E-state index contributed by atoms with van der Waals surface area (Å²) in [6.45, 7) is 1.50. The summed E-state index contributed by atoms with van der Waals surface area (Å²) in [5.74, 6) is 1.06.